The van der Waals surface area contributed by atoms with E-state index < -0.39 is 11.7 Å². The van der Waals surface area contributed by atoms with Gasteiger partial charge >= 0.3 is 6.18 Å². The Kier molecular flexibility index (Phi) is 3.68. The fraction of sp³-hybridized carbons (Fsp3) is 0.143. The van der Waals surface area contributed by atoms with Gasteiger partial charge < -0.3 is 4.52 Å². The average molecular weight is 322 g/mol. The van der Waals surface area contributed by atoms with Crippen LogP contribution in [-0.4, -0.2) is 19.7 Å². The largest absolute Gasteiger partial charge is 0.416 e. The molecule has 0 aliphatic heterocycles. The van der Waals surface area contributed by atoms with Crippen LogP contribution in [0.15, 0.2) is 52.2 Å². The zero-order valence-electron chi connectivity index (χ0n) is 11.5. The molecule has 0 spiro atoms. The molecule has 0 N–H and O–H groups in total. The molecule has 0 bridgehead atoms. The second-order valence-corrected chi connectivity index (χ2v) is 4.64. The third kappa shape index (κ3) is 3.28. The predicted molar refractivity (Wildman–Crippen MR) is 72.3 cm³/mol. The third-order valence-corrected chi connectivity index (χ3v) is 3.01. The summed E-state index contributed by atoms with van der Waals surface area (Å²) in [5.41, 5.74) is -0.933. The van der Waals surface area contributed by atoms with Crippen LogP contribution < -0.4 is 5.56 Å². The molecule has 0 aliphatic carbocycles. The Morgan fingerprint density at radius 1 is 1.22 bits per heavy atom. The Morgan fingerprint density at radius 3 is 2.78 bits per heavy atom. The molecule has 0 fully saturated rings. The summed E-state index contributed by atoms with van der Waals surface area (Å²) in [6.07, 6.45) is -1.80. The van der Waals surface area contributed by atoms with E-state index >= 15 is 0 Å². The second kappa shape index (κ2) is 5.67. The number of benzene rings is 1. The van der Waals surface area contributed by atoms with Crippen molar-refractivity contribution in [3.63, 3.8) is 0 Å². The van der Waals surface area contributed by atoms with Gasteiger partial charge in [0.1, 0.15) is 6.54 Å². The molecule has 0 radical (unpaired) electrons. The highest BCUT2D eigenvalue weighted by molar-refractivity contribution is 5.55. The van der Waals surface area contributed by atoms with Crippen molar-refractivity contribution in [2.45, 2.75) is 12.7 Å². The van der Waals surface area contributed by atoms with E-state index in [1.807, 2.05) is 0 Å². The minimum absolute atomic E-state index is 0.0152. The summed E-state index contributed by atoms with van der Waals surface area (Å²) in [5, 5.41) is 3.65. The zero-order chi connectivity index (χ0) is 16.4. The van der Waals surface area contributed by atoms with Gasteiger partial charge in [-0.25, -0.2) is 4.98 Å². The van der Waals surface area contributed by atoms with Gasteiger partial charge in [0, 0.05) is 17.8 Å². The zero-order valence-corrected chi connectivity index (χ0v) is 11.5. The Morgan fingerprint density at radius 2 is 2.04 bits per heavy atom. The highest BCUT2D eigenvalue weighted by atomic mass is 19.4. The first-order valence-electron chi connectivity index (χ1n) is 6.44. The molecule has 0 atom stereocenters. The van der Waals surface area contributed by atoms with Crippen molar-refractivity contribution >= 4 is 0 Å². The molecular formula is C14H9F3N4O2. The predicted octanol–water partition coefficient (Wildman–Crippen LogP) is 2.36. The lowest BCUT2D eigenvalue weighted by Crippen LogP contribution is -2.19. The van der Waals surface area contributed by atoms with Crippen LogP contribution in [0.1, 0.15) is 11.5 Å². The average Bonchev–Trinajstić information content (AvgIpc) is 2.98. The van der Waals surface area contributed by atoms with Crippen LogP contribution in [0.5, 0.6) is 0 Å². The summed E-state index contributed by atoms with van der Waals surface area (Å²) in [6, 6.07) is 5.87. The minimum atomic E-state index is -4.45. The second-order valence-electron chi connectivity index (χ2n) is 4.64. The van der Waals surface area contributed by atoms with Gasteiger partial charge in [-0.1, -0.05) is 17.3 Å². The van der Waals surface area contributed by atoms with E-state index in [2.05, 4.69) is 15.1 Å². The van der Waals surface area contributed by atoms with Crippen molar-refractivity contribution in [3.8, 4) is 11.4 Å². The fourth-order valence-corrected chi connectivity index (χ4v) is 1.91. The SMILES string of the molecule is O=c1ccncn1Cc1nc(-c2cccc(C(F)(F)F)c2)no1. The van der Waals surface area contributed by atoms with Gasteiger partial charge in [0.25, 0.3) is 5.56 Å². The maximum Gasteiger partial charge on any atom is 0.416 e. The number of hydrogen-bond donors (Lipinski definition) is 0. The van der Waals surface area contributed by atoms with E-state index in [-0.39, 0.29) is 29.4 Å². The van der Waals surface area contributed by atoms with Crippen LogP contribution in [0, 0.1) is 0 Å². The van der Waals surface area contributed by atoms with Gasteiger partial charge in [-0.3, -0.25) is 9.36 Å². The van der Waals surface area contributed by atoms with Crippen LogP contribution in [0.3, 0.4) is 0 Å². The maximum atomic E-state index is 12.7. The minimum Gasteiger partial charge on any atom is -0.337 e. The molecule has 2 aromatic heterocycles. The van der Waals surface area contributed by atoms with E-state index in [9.17, 15) is 18.0 Å². The van der Waals surface area contributed by atoms with Gasteiger partial charge in [-0.2, -0.15) is 18.2 Å². The van der Waals surface area contributed by atoms with Crippen molar-refractivity contribution in [2.75, 3.05) is 0 Å². The molecule has 0 aliphatic rings. The number of alkyl halides is 3. The molecule has 0 amide bonds. The van der Waals surface area contributed by atoms with E-state index in [0.29, 0.717) is 0 Å². The van der Waals surface area contributed by atoms with Crippen molar-refractivity contribution in [3.05, 3.63) is 64.7 Å². The molecule has 3 aromatic rings. The Labute approximate surface area is 127 Å². The van der Waals surface area contributed by atoms with Crippen molar-refractivity contribution < 1.29 is 17.7 Å². The van der Waals surface area contributed by atoms with E-state index in [1.165, 1.54) is 35.3 Å². The number of aromatic nitrogens is 4. The van der Waals surface area contributed by atoms with Gasteiger partial charge in [0.2, 0.25) is 11.7 Å². The van der Waals surface area contributed by atoms with Gasteiger partial charge in [-0.15, -0.1) is 0 Å². The molecular weight excluding hydrogens is 313 g/mol. The summed E-state index contributed by atoms with van der Waals surface area (Å²) >= 11 is 0. The summed E-state index contributed by atoms with van der Waals surface area (Å²) in [4.78, 5) is 19.4. The fourth-order valence-electron chi connectivity index (χ4n) is 1.91. The molecule has 23 heavy (non-hydrogen) atoms. The topological polar surface area (TPSA) is 73.8 Å². The molecule has 6 nitrogen and oxygen atoms in total. The number of nitrogens with zero attached hydrogens (tertiary/aromatic N) is 4. The monoisotopic (exact) mass is 322 g/mol. The summed E-state index contributed by atoms with van der Waals surface area (Å²) in [6.45, 7) is -0.0152. The molecule has 3 rings (SSSR count). The van der Waals surface area contributed by atoms with Crippen molar-refractivity contribution in [1.29, 1.82) is 0 Å². The van der Waals surface area contributed by atoms with Crippen molar-refractivity contribution in [2.24, 2.45) is 0 Å². The lowest BCUT2D eigenvalue weighted by molar-refractivity contribution is -0.137. The number of halogens is 3. The standard InChI is InChI=1S/C14H9F3N4O2/c15-14(16,17)10-3-1-2-9(6-10)13-19-11(23-20-13)7-21-8-18-5-4-12(21)22/h1-6,8H,7H2. The molecule has 2 heterocycles. The molecule has 9 heteroatoms. The number of rotatable bonds is 3. The van der Waals surface area contributed by atoms with E-state index in [0.717, 1.165) is 12.1 Å². The number of hydrogen-bond acceptors (Lipinski definition) is 5. The van der Waals surface area contributed by atoms with Gasteiger partial charge in [0.05, 0.1) is 11.9 Å². The highest BCUT2D eigenvalue weighted by Crippen LogP contribution is 2.31. The molecule has 0 saturated carbocycles. The first-order chi connectivity index (χ1) is 10.9. The molecule has 1 aromatic carbocycles. The lowest BCUT2D eigenvalue weighted by atomic mass is 10.1. The molecule has 118 valence electrons. The normalized spacial score (nSPS) is 11.6. The smallest absolute Gasteiger partial charge is 0.337 e. The summed E-state index contributed by atoms with van der Waals surface area (Å²) in [5.74, 6) is 0.107. The third-order valence-electron chi connectivity index (χ3n) is 3.01. The highest BCUT2D eigenvalue weighted by Gasteiger charge is 2.30. The van der Waals surface area contributed by atoms with Crippen molar-refractivity contribution in [1.82, 2.24) is 19.7 Å². The Bertz CT molecular complexity index is 886. The summed E-state index contributed by atoms with van der Waals surface area (Å²) in [7, 11) is 0. The lowest BCUT2D eigenvalue weighted by Gasteiger charge is -2.06. The maximum absolute atomic E-state index is 12.7. The van der Waals surface area contributed by atoms with Gasteiger partial charge in [-0.05, 0) is 12.1 Å². The van der Waals surface area contributed by atoms with E-state index in [4.69, 9.17) is 4.52 Å². The Balaban J connectivity index is 1.88. The van der Waals surface area contributed by atoms with Crippen LogP contribution in [-0.2, 0) is 12.7 Å². The van der Waals surface area contributed by atoms with Crippen LogP contribution in [0.2, 0.25) is 0 Å². The first-order valence-corrected chi connectivity index (χ1v) is 6.44. The molecule has 0 saturated heterocycles. The van der Waals surface area contributed by atoms with Crippen LogP contribution in [0.4, 0.5) is 13.2 Å². The molecule has 0 unspecified atom stereocenters. The van der Waals surface area contributed by atoms with Crippen LogP contribution in [0.25, 0.3) is 11.4 Å². The Hall–Kier alpha value is -2.97. The quantitative estimate of drug-likeness (QED) is 0.740. The van der Waals surface area contributed by atoms with Gasteiger partial charge in [0.15, 0.2) is 0 Å². The first kappa shape index (κ1) is 14.9. The van der Waals surface area contributed by atoms with Crippen LogP contribution >= 0.6 is 0 Å². The van der Waals surface area contributed by atoms with E-state index in [1.54, 1.807) is 0 Å². The summed E-state index contributed by atoms with van der Waals surface area (Å²) < 4.78 is 44.3.